The number of rotatable bonds is 8. The lowest BCUT2D eigenvalue weighted by molar-refractivity contribution is 0.269. The summed E-state index contributed by atoms with van der Waals surface area (Å²) >= 11 is 0. The van der Waals surface area contributed by atoms with Gasteiger partial charge in [-0.1, -0.05) is 51.9 Å². The lowest BCUT2D eigenvalue weighted by atomic mass is 9.82. The lowest BCUT2D eigenvalue weighted by Gasteiger charge is -2.24. The quantitative estimate of drug-likeness (QED) is 0.615. The first-order valence-electron chi connectivity index (χ1n) is 7.31. The Hall–Kier alpha value is 0.137. The van der Waals surface area contributed by atoms with Crippen molar-refractivity contribution >= 4 is 9.28 Å². The molecule has 0 saturated heterocycles. The fourth-order valence-corrected chi connectivity index (χ4v) is 4.31. The van der Waals surface area contributed by atoms with E-state index in [0.29, 0.717) is 0 Å². The van der Waals surface area contributed by atoms with Gasteiger partial charge in [-0.15, -0.1) is 0 Å². The summed E-state index contributed by atoms with van der Waals surface area (Å²) < 4.78 is 10.7. The highest BCUT2D eigenvalue weighted by molar-refractivity contribution is 6.44. The first kappa shape index (κ1) is 15.2. The van der Waals surface area contributed by atoms with Gasteiger partial charge >= 0.3 is 9.28 Å². The van der Waals surface area contributed by atoms with Gasteiger partial charge < -0.3 is 8.85 Å². The molecule has 0 aromatic heterocycles. The van der Waals surface area contributed by atoms with Crippen LogP contribution in [0.25, 0.3) is 0 Å². The minimum absolute atomic E-state index is 0.890. The van der Waals surface area contributed by atoms with Gasteiger partial charge in [-0.25, -0.2) is 0 Å². The maximum absolute atomic E-state index is 5.35. The van der Waals surface area contributed by atoms with E-state index < -0.39 is 9.28 Å². The van der Waals surface area contributed by atoms with Crippen LogP contribution in [-0.2, 0) is 8.85 Å². The summed E-state index contributed by atoms with van der Waals surface area (Å²) in [5.74, 6) is 1.91. The third-order valence-electron chi connectivity index (χ3n) is 4.12. The second-order valence-electron chi connectivity index (χ2n) is 5.68. The minimum Gasteiger partial charge on any atom is -0.400 e. The Balaban J connectivity index is 2.05. The van der Waals surface area contributed by atoms with Crippen molar-refractivity contribution in [3.63, 3.8) is 0 Å². The summed E-state index contributed by atoms with van der Waals surface area (Å²) in [6.45, 7) is 2.42. The van der Waals surface area contributed by atoms with Crippen molar-refractivity contribution in [1.29, 1.82) is 0 Å². The Kier molecular flexibility index (Phi) is 8.15. The molecule has 0 aromatic rings. The molecule has 0 aliphatic heterocycles. The van der Waals surface area contributed by atoms with Crippen molar-refractivity contribution in [1.82, 2.24) is 0 Å². The Morgan fingerprint density at radius 2 is 1.76 bits per heavy atom. The fraction of sp³-hybridized carbons (Fsp3) is 1.00. The van der Waals surface area contributed by atoms with E-state index in [1.165, 1.54) is 57.4 Å². The highest BCUT2D eigenvalue weighted by Gasteiger charge is 2.17. The predicted octanol–water partition coefficient (Wildman–Crippen LogP) is 3.89. The topological polar surface area (TPSA) is 18.5 Å². The molecule has 102 valence electrons. The molecule has 0 aromatic carbocycles. The van der Waals surface area contributed by atoms with Gasteiger partial charge in [0.2, 0.25) is 0 Å². The van der Waals surface area contributed by atoms with Crippen LogP contribution in [0, 0.1) is 11.8 Å². The molecule has 0 bridgehead atoms. The summed E-state index contributed by atoms with van der Waals surface area (Å²) in [6.07, 6.45) is 11.5. The van der Waals surface area contributed by atoms with Crippen molar-refractivity contribution in [3.05, 3.63) is 0 Å². The molecule has 0 spiro atoms. The minimum atomic E-state index is -1.30. The summed E-state index contributed by atoms with van der Waals surface area (Å²) in [5.41, 5.74) is 0. The van der Waals surface area contributed by atoms with Crippen molar-refractivity contribution in [2.24, 2.45) is 11.8 Å². The molecule has 1 rings (SSSR count). The average molecular weight is 258 g/mol. The zero-order valence-corrected chi connectivity index (χ0v) is 13.1. The Bertz CT molecular complexity index is 177. The molecule has 3 heteroatoms. The SMILES string of the molecule is CO[SiH](CCCC(C)CC1CCCCC1)OC. The zero-order chi connectivity index (χ0) is 12.5. The maximum atomic E-state index is 5.35. The maximum Gasteiger partial charge on any atom is 0.320 e. The van der Waals surface area contributed by atoms with E-state index in [0.717, 1.165) is 11.8 Å². The van der Waals surface area contributed by atoms with Gasteiger partial charge in [0, 0.05) is 14.2 Å². The van der Waals surface area contributed by atoms with E-state index in [-0.39, 0.29) is 0 Å². The molecule has 1 aliphatic rings. The van der Waals surface area contributed by atoms with Gasteiger partial charge in [0.15, 0.2) is 0 Å². The van der Waals surface area contributed by atoms with Crippen molar-refractivity contribution < 1.29 is 8.85 Å². The van der Waals surface area contributed by atoms with Gasteiger partial charge in [-0.3, -0.25) is 0 Å². The number of hydrogen-bond acceptors (Lipinski definition) is 2. The highest BCUT2D eigenvalue weighted by atomic mass is 28.3. The van der Waals surface area contributed by atoms with E-state index in [2.05, 4.69) is 6.92 Å². The van der Waals surface area contributed by atoms with Gasteiger partial charge in [0.1, 0.15) is 0 Å². The fourth-order valence-electron chi connectivity index (χ4n) is 3.07. The zero-order valence-electron chi connectivity index (χ0n) is 11.9. The molecule has 1 saturated carbocycles. The number of hydrogen-bond donors (Lipinski definition) is 0. The van der Waals surface area contributed by atoms with Gasteiger partial charge in [-0.2, -0.15) is 0 Å². The Labute approximate surface area is 109 Å². The average Bonchev–Trinajstić information content (AvgIpc) is 2.36. The molecule has 2 nitrogen and oxygen atoms in total. The Morgan fingerprint density at radius 1 is 1.12 bits per heavy atom. The van der Waals surface area contributed by atoms with E-state index in [1.54, 1.807) is 14.2 Å². The van der Waals surface area contributed by atoms with Crippen LogP contribution < -0.4 is 0 Å². The van der Waals surface area contributed by atoms with Crippen LogP contribution >= 0.6 is 0 Å². The normalized spacial score (nSPS) is 19.8. The van der Waals surface area contributed by atoms with Gasteiger partial charge in [0.05, 0.1) is 0 Å². The van der Waals surface area contributed by atoms with Crippen LogP contribution in [0.4, 0.5) is 0 Å². The summed E-state index contributed by atoms with van der Waals surface area (Å²) in [4.78, 5) is 0. The van der Waals surface area contributed by atoms with Crippen molar-refractivity contribution in [2.45, 2.75) is 64.3 Å². The predicted molar refractivity (Wildman–Crippen MR) is 75.6 cm³/mol. The van der Waals surface area contributed by atoms with Gasteiger partial charge in [0.25, 0.3) is 0 Å². The van der Waals surface area contributed by atoms with Crippen molar-refractivity contribution in [2.75, 3.05) is 14.2 Å². The molecular weight excluding hydrogens is 228 g/mol. The van der Waals surface area contributed by atoms with Crippen LogP contribution in [0.1, 0.15) is 58.3 Å². The van der Waals surface area contributed by atoms with E-state index in [1.807, 2.05) is 0 Å². The van der Waals surface area contributed by atoms with Crippen LogP contribution in [0.15, 0.2) is 0 Å². The van der Waals surface area contributed by atoms with Crippen LogP contribution in [0.5, 0.6) is 0 Å². The second-order valence-corrected chi connectivity index (χ2v) is 8.06. The highest BCUT2D eigenvalue weighted by Crippen LogP contribution is 2.30. The molecule has 1 aliphatic carbocycles. The molecule has 1 fully saturated rings. The summed E-state index contributed by atoms with van der Waals surface area (Å²) in [6, 6.07) is 1.17. The van der Waals surface area contributed by atoms with E-state index >= 15 is 0 Å². The molecule has 0 amide bonds. The molecule has 0 radical (unpaired) electrons. The summed E-state index contributed by atoms with van der Waals surface area (Å²) in [7, 11) is 2.27. The smallest absolute Gasteiger partial charge is 0.320 e. The van der Waals surface area contributed by atoms with Crippen LogP contribution in [0.3, 0.4) is 0 Å². The summed E-state index contributed by atoms with van der Waals surface area (Å²) in [5, 5.41) is 0. The molecule has 0 heterocycles. The van der Waals surface area contributed by atoms with Gasteiger partial charge in [-0.05, 0) is 24.3 Å². The lowest BCUT2D eigenvalue weighted by Crippen LogP contribution is -2.19. The molecule has 1 atom stereocenters. The van der Waals surface area contributed by atoms with E-state index in [4.69, 9.17) is 8.85 Å². The standard InChI is InChI=1S/C14H30O2Si/c1-13(8-7-11-17(15-2)16-3)12-14-9-5-4-6-10-14/h13-14,17H,4-12H2,1-3H3. The monoisotopic (exact) mass is 258 g/mol. The van der Waals surface area contributed by atoms with Crippen LogP contribution in [-0.4, -0.2) is 23.5 Å². The van der Waals surface area contributed by atoms with Crippen molar-refractivity contribution in [3.8, 4) is 0 Å². The molecule has 17 heavy (non-hydrogen) atoms. The first-order chi connectivity index (χ1) is 8.26. The molecule has 0 N–H and O–H groups in total. The van der Waals surface area contributed by atoms with E-state index in [9.17, 15) is 0 Å². The second kappa shape index (κ2) is 9.12. The third kappa shape index (κ3) is 6.58. The molecular formula is C14H30O2Si. The first-order valence-corrected chi connectivity index (χ1v) is 9.07. The largest absolute Gasteiger partial charge is 0.400 e. The third-order valence-corrected chi connectivity index (χ3v) is 6.05. The molecule has 1 unspecified atom stereocenters. The Morgan fingerprint density at radius 3 is 2.35 bits per heavy atom. The van der Waals surface area contributed by atoms with Crippen LogP contribution in [0.2, 0.25) is 6.04 Å².